The van der Waals surface area contributed by atoms with Crippen LogP contribution < -0.4 is 20.3 Å². The second-order valence-electron chi connectivity index (χ2n) is 11.2. The van der Waals surface area contributed by atoms with Crippen LogP contribution in [-0.2, 0) is 14.3 Å². The summed E-state index contributed by atoms with van der Waals surface area (Å²) in [5.74, 6) is 1.26. The van der Waals surface area contributed by atoms with Crippen LogP contribution in [0.1, 0.15) is 43.4 Å². The van der Waals surface area contributed by atoms with Crippen molar-refractivity contribution in [2.24, 2.45) is 0 Å². The van der Waals surface area contributed by atoms with Crippen LogP contribution in [0.25, 0.3) is 0 Å². The molecule has 4 heterocycles. The Bertz CT molecular complexity index is 1540. The Balaban J connectivity index is 1.18. The van der Waals surface area contributed by atoms with E-state index in [1.165, 1.54) is 11.8 Å². The lowest BCUT2D eigenvalue weighted by atomic mass is 9.98. The van der Waals surface area contributed by atoms with E-state index < -0.39 is 11.3 Å². The first-order chi connectivity index (χ1) is 20.8. The lowest BCUT2D eigenvalue weighted by molar-refractivity contribution is -0.135. The molecule has 3 unspecified atom stereocenters. The number of likely N-dealkylation sites (tertiary alicyclic amines) is 1. The summed E-state index contributed by atoms with van der Waals surface area (Å²) in [4.78, 5) is 48.0. The second kappa shape index (κ2) is 12.3. The highest BCUT2D eigenvalue weighted by Gasteiger charge is 2.47. The molecule has 0 spiro atoms. The van der Waals surface area contributed by atoms with Crippen molar-refractivity contribution in [1.29, 1.82) is 0 Å². The van der Waals surface area contributed by atoms with Crippen molar-refractivity contribution < 1.29 is 23.9 Å². The average molecular weight is 602 g/mol. The molecule has 11 heteroatoms. The van der Waals surface area contributed by atoms with Crippen LogP contribution in [0.4, 0.5) is 16.2 Å². The monoisotopic (exact) mass is 601 g/mol. The molecule has 0 bridgehead atoms. The van der Waals surface area contributed by atoms with Gasteiger partial charge < -0.3 is 25.0 Å². The van der Waals surface area contributed by atoms with Crippen LogP contribution in [0.15, 0.2) is 65.8 Å². The average Bonchev–Trinajstić information content (AvgIpc) is 3.38. The highest BCUT2D eigenvalue weighted by atomic mass is 32.2. The third-order valence-electron chi connectivity index (χ3n) is 8.14. The molecule has 3 aliphatic heterocycles. The van der Waals surface area contributed by atoms with Crippen LogP contribution in [0, 0.1) is 6.92 Å². The summed E-state index contributed by atoms with van der Waals surface area (Å²) < 4.78 is 11.2. The number of anilines is 2. The SMILES string of the molecule is COC(C)CC(=O)N1CCC[C@@H](NC(=O)C2Sc3nccc4c3C2NC(=O)N4c2ccc(Oc3ccccc3)cc2C)C1. The number of para-hydroxylation sites is 1. The highest BCUT2D eigenvalue weighted by Crippen LogP contribution is 2.51. The van der Waals surface area contributed by atoms with E-state index in [9.17, 15) is 14.4 Å². The molecule has 10 nitrogen and oxygen atoms in total. The quantitative estimate of drug-likeness (QED) is 0.370. The van der Waals surface area contributed by atoms with E-state index in [4.69, 9.17) is 9.47 Å². The predicted octanol–water partition coefficient (Wildman–Crippen LogP) is 5.09. The minimum atomic E-state index is -0.572. The van der Waals surface area contributed by atoms with Crippen molar-refractivity contribution in [3.63, 3.8) is 0 Å². The lowest BCUT2D eigenvalue weighted by Gasteiger charge is -2.36. The molecule has 0 saturated carbocycles. The summed E-state index contributed by atoms with van der Waals surface area (Å²) in [6.45, 7) is 4.94. The van der Waals surface area contributed by atoms with E-state index in [0.717, 1.165) is 40.4 Å². The molecular formula is C32H35N5O5S. The maximum Gasteiger partial charge on any atom is 0.327 e. The van der Waals surface area contributed by atoms with Gasteiger partial charge in [-0.3, -0.25) is 14.5 Å². The Morgan fingerprint density at radius 2 is 1.95 bits per heavy atom. The topological polar surface area (TPSA) is 113 Å². The molecule has 43 heavy (non-hydrogen) atoms. The van der Waals surface area contributed by atoms with E-state index in [1.54, 1.807) is 23.1 Å². The van der Waals surface area contributed by atoms with E-state index in [-0.39, 0.29) is 30.0 Å². The van der Waals surface area contributed by atoms with Gasteiger partial charge in [0.2, 0.25) is 11.8 Å². The fourth-order valence-corrected chi connectivity index (χ4v) is 7.13. The number of thioether (sulfide) groups is 1. The van der Waals surface area contributed by atoms with Gasteiger partial charge in [-0.1, -0.05) is 30.0 Å². The van der Waals surface area contributed by atoms with Gasteiger partial charge in [-0.25, -0.2) is 9.78 Å². The van der Waals surface area contributed by atoms with Crippen molar-refractivity contribution in [2.75, 3.05) is 25.1 Å². The number of hydrogen-bond donors (Lipinski definition) is 2. The molecule has 1 fully saturated rings. The number of hydrogen-bond acceptors (Lipinski definition) is 7. The van der Waals surface area contributed by atoms with Crippen LogP contribution >= 0.6 is 11.8 Å². The molecule has 224 valence electrons. The smallest absolute Gasteiger partial charge is 0.327 e. The third kappa shape index (κ3) is 5.92. The number of amides is 4. The summed E-state index contributed by atoms with van der Waals surface area (Å²) in [6.07, 6.45) is 3.43. The zero-order valence-electron chi connectivity index (χ0n) is 24.4. The standard InChI is InChI=1S/C32H35N5O5S/c1-19-16-23(42-22-9-5-4-6-10-22)11-12-24(19)37-25-13-14-33-31-27(25)28(35-32(37)40)29(43-31)30(39)34-21-8-7-15-36(18-21)26(38)17-20(2)41-3/h4-6,9-14,16,20-21,28-29H,7-8,15,17-18H2,1-3H3,(H,34,39)(H,35,40)/t20?,21-,28?,29?/m1/s1. The Morgan fingerprint density at radius 1 is 1.14 bits per heavy atom. The molecule has 4 amide bonds. The van der Waals surface area contributed by atoms with E-state index >= 15 is 0 Å². The molecule has 1 aromatic heterocycles. The molecule has 6 rings (SSSR count). The van der Waals surface area contributed by atoms with E-state index in [2.05, 4.69) is 15.6 Å². The van der Waals surface area contributed by atoms with Gasteiger partial charge in [0.05, 0.1) is 29.9 Å². The third-order valence-corrected chi connectivity index (χ3v) is 9.43. The normalized spacial score (nSPS) is 21.6. The summed E-state index contributed by atoms with van der Waals surface area (Å²) >= 11 is 1.36. The number of rotatable bonds is 8. The Kier molecular flexibility index (Phi) is 8.27. The van der Waals surface area contributed by atoms with E-state index in [0.29, 0.717) is 30.9 Å². The first kappa shape index (κ1) is 29.0. The van der Waals surface area contributed by atoms with Crippen molar-refractivity contribution in [3.8, 4) is 11.5 Å². The molecule has 1 saturated heterocycles. The Hall–Kier alpha value is -4.09. The number of methoxy groups -OCH3 is 1. The van der Waals surface area contributed by atoms with Crippen LogP contribution in [0.5, 0.6) is 11.5 Å². The number of pyridine rings is 1. The largest absolute Gasteiger partial charge is 0.457 e. The molecule has 3 aromatic rings. The predicted molar refractivity (Wildman–Crippen MR) is 164 cm³/mol. The summed E-state index contributed by atoms with van der Waals surface area (Å²) in [6, 6.07) is 16.0. The minimum absolute atomic E-state index is 0.0272. The zero-order valence-corrected chi connectivity index (χ0v) is 25.2. The highest BCUT2D eigenvalue weighted by molar-refractivity contribution is 8.01. The van der Waals surface area contributed by atoms with Crippen molar-refractivity contribution >= 4 is 41.0 Å². The van der Waals surface area contributed by atoms with Gasteiger partial charge in [-0.05, 0) is 68.7 Å². The molecule has 2 aromatic carbocycles. The van der Waals surface area contributed by atoms with Crippen LogP contribution in [-0.4, -0.2) is 65.3 Å². The zero-order chi connectivity index (χ0) is 30.1. The fraction of sp³-hybridized carbons (Fsp3) is 0.375. The van der Waals surface area contributed by atoms with Gasteiger partial charge in [0, 0.05) is 38.0 Å². The van der Waals surface area contributed by atoms with Crippen molar-refractivity contribution in [3.05, 3.63) is 71.9 Å². The summed E-state index contributed by atoms with van der Waals surface area (Å²) in [5.41, 5.74) is 3.13. The minimum Gasteiger partial charge on any atom is -0.457 e. The maximum atomic E-state index is 13.6. The molecule has 4 atom stereocenters. The number of aromatic nitrogens is 1. The Labute approximate surface area is 255 Å². The number of nitrogens with zero attached hydrogens (tertiary/aromatic N) is 3. The maximum absolute atomic E-state index is 13.6. The summed E-state index contributed by atoms with van der Waals surface area (Å²) in [5, 5.41) is 6.39. The summed E-state index contributed by atoms with van der Waals surface area (Å²) in [7, 11) is 1.59. The van der Waals surface area contributed by atoms with Gasteiger partial charge in [0.15, 0.2) is 0 Å². The van der Waals surface area contributed by atoms with Gasteiger partial charge in [0.1, 0.15) is 21.8 Å². The number of ether oxygens (including phenoxy) is 2. The molecule has 3 aliphatic rings. The Morgan fingerprint density at radius 3 is 2.72 bits per heavy atom. The van der Waals surface area contributed by atoms with Crippen molar-refractivity contribution in [1.82, 2.24) is 20.5 Å². The number of benzene rings is 2. The van der Waals surface area contributed by atoms with Crippen LogP contribution in [0.2, 0.25) is 0 Å². The molecule has 0 radical (unpaired) electrons. The number of piperidine rings is 1. The van der Waals surface area contributed by atoms with Gasteiger partial charge in [-0.15, -0.1) is 0 Å². The molecule has 2 N–H and O–H groups in total. The number of urea groups is 1. The van der Waals surface area contributed by atoms with Gasteiger partial charge in [-0.2, -0.15) is 0 Å². The number of nitrogens with one attached hydrogen (secondary N) is 2. The van der Waals surface area contributed by atoms with Crippen LogP contribution in [0.3, 0.4) is 0 Å². The van der Waals surface area contributed by atoms with Crippen molar-refractivity contribution in [2.45, 2.75) is 61.6 Å². The van der Waals surface area contributed by atoms with E-state index in [1.807, 2.05) is 68.4 Å². The first-order valence-corrected chi connectivity index (χ1v) is 15.4. The number of carbonyl (C=O) groups is 3. The number of aryl methyl sites for hydroxylation is 1. The number of carbonyl (C=O) groups excluding carboxylic acids is 3. The lowest BCUT2D eigenvalue weighted by Crippen LogP contribution is -2.54. The van der Waals surface area contributed by atoms with Gasteiger partial charge in [0.25, 0.3) is 0 Å². The van der Waals surface area contributed by atoms with Gasteiger partial charge >= 0.3 is 6.03 Å². The first-order valence-electron chi connectivity index (χ1n) is 14.5. The second-order valence-corrected chi connectivity index (χ2v) is 12.3. The fourth-order valence-electron chi connectivity index (χ4n) is 5.89. The molecule has 0 aliphatic carbocycles. The molecular weight excluding hydrogens is 566 g/mol.